The highest BCUT2D eigenvalue weighted by molar-refractivity contribution is 6.13. The smallest absolute Gasteiger partial charge is 0.170 e. The van der Waals surface area contributed by atoms with Gasteiger partial charge in [-0.1, -0.05) is 53.6 Å². The normalized spacial score (nSPS) is 10.2. The first-order valence-corrected chi connectivity index (χ1v) is 6.26. The Labute approximate surface area is 113 Å². The lowest BCUT2D eigenvalue weighted by Gasteiger charge is -2.03. The molecular formula is C17H16O2. The molecule has 2 aromatic carbocycles. The highest BCUT2D eigenvalue weighted by Crippen LogP contribution is 2.11. The van der Waals surface area contributed by atoms with E-state index in [2.05, 4.69) is 0 Å². The molecule has 0 unspecified atom stereocenters. The first kappa shape index (κ1) is 13.2. The molecule has 0 atom stereocenters. The molecule has 0 bridgehead atoms. The van der Waals surface area contributed by atoms with Gasteiger partial charge in [-0.15, -0.1) is 0 Å². The van der Waals surface area contributed by atoms with Gasteiger partial charge >= 0.3 is 0 Å². The fourth-order valence-electron chi connectivity index (χ4n) is 1.91. The van der Waals surface area contributed by atoms with Crippen LogP contribution in [0.2, 0.25) is 0 Å². The highest BCUT2D eigenvalue weighted by atomic mass is 16.1. The average Bonchev–Trinajstić information content (AvgIpc) is 2.39. The van der Waals surface area contributed by atoms with Crippen LogP contribution in [0.1, 0.15) is 38.3 Å². The van der Waals surface area contributed by atoms with Crippen LogP contribution in [0.25, 0.3) is 0 Å². The number of hydrogen-bond donors (Lipinski definition) is 0. The van der Waals surface area contributed by atoms with Gasteiger partial charge in [-0.25, -0.2) is 0 Å². The maximum absolute atomic E-state index is 12.0. The minimum absolute atomic E-state index is 0.0769. The Kier molecular flexibility index (Phi) is 3.91. The van der Waals surface area contributed by atoms with E-state index in [1.165, 1.54) is 0 Å². The third-order valence-corrected chi connectivity index (χ3v) is 3.03. The first-order chi connectivity index (χ1) is 9.06. The van der Waals surface area contributed by atoms with Crippen molar-refractivity contribution in [1.82, 2.24) is 0 Å². The predicted octanol–water partition coefficient (Wildman–Crippen LogP) is 3.76. The Morgan fingerprint density at radius 1 is 0.789 bits per heavy atom. The molecule has 0 amide bonds. The minimum Gasteiger partial charge on any atom is -0.294 e. The molecule has 0 N–H and O–H groups in total. The lowest BCUT2D eigenvalue weighted by Crippen LogP contribution is -2.08. The van der Waals surface area contributed by atoms with Crippen LogP contribution in [-0.4, -0.2) is 11.6 Å². The molecule has 0 aromatic heterocycles. The second kappa shape index (κ2) is 5.61. The zero-order valence-corrected chi connectivity index (χ0v) is 11.1. The number of rotatable bonds is 4. The van der Waals surface area contributed by atoms with Crippen molar-refractivity contribution in [3.63, 3.8) is 0 Å². The Morgan fingerprint density at radius 2 is 1.42 bits per heavy atom. The van der Waals surface area contributed by atoms with Crippen molar-refractivity contribution < 1.29 is 9.59 Å². The third kappa shape index (κ3) is 3.38. The van der Waals surface area contributed by atoms with E-state index in [-0.39, 0.29) is 18.0 Å². The van der Waals surface area contributed by atoms with Crippen molar-refractivity contribution in [3.8, 4) is 0 Å². The van der Waals surface area contributed by atoms with Crippen LogP contribution in [0.4, 0.5) is 0 Å². The Morgan fingerprint density at radius 3 is 2.05 bits per heavy atom. The summed E-state index contributed by atoms with van der Waals surface area (Å²) in [5.74, 6) is -0.263. The quantitative estimate of drug-likeness (QED) is 0.613. The molecule has 2 aromatic rings. The van der Waals surface area contributed by atoms with Crippen LogP contribution in [-0.2, 0) is 0 Å². The number of benzene rings is 2. The van der Waals surface area contributed by atoms with E-state index in [9.17, 15) is 9.59 Å². The Balaban J connectivity index is 2.11. The molecule has 0 heterocycles. The van der Waals surface area contributed by atoms with E-state index in [1.807, 2.05) is 44.2 Å². The number of aryl methyl sites for hydroxylation is 2. The summed E-state index contributed by atoms with van der Waals surface area (Å²) >= 11 is 0. The van der Waals surface area contributed by atoms with Crippen molar-refractivity contribution in [3.05, 3.63) is 70.8 Å². The van der Waals surface area contributed by atoms with Crippen LogP contribution < -0.4 is 0 Å². The van der Waals surface area contributed by atoms with Crippen LogP contribution >= 0.6 is 0 Å². The summed E-state index contributed by atoms with van der Waals surface area (Å²) in [5, 5.41) is 0. The molecule has 19 heavy (non-hydrogen) atoms. The van der Waals surface area contributed by atoms with Crippen molar-refractivity contribution in [2.45, 2.75) is 20.3 Å². The van der Waals surface area contributed by atoms with E-state index >= 15 is 0 Å². The maximum Gasteiger partial charge on any atom is 0.170 e. The molecule has 0 aliphatic heterocycles. The van der Waals surface area contributed by atoms with Gasteiger partial charge in [0, 0.05) is 11.1 Å². The first-order valence-electron chi connectivity index (χ1n) is 6.26. The van der Waals surface area contributed by atoms with Crippen molar-refractivity contribution in [2.24, 2.45) is 0 Å². The summed E-state index contributed by atoms with van der Waals surface area (Å²) in [7, 11) is 0. The van der Waals surface area contributed by atoms with E-state index in [4.69, 9.17) is 0 Å². The number of carbonyl (C=O) groups is 2. The molecule has 2 rings (SSSR count). The van der Waals surface area contributed by atoms with Gasteiger partial charge in [0.15, 0.2) is 11.6 Å². The van der Waals surface area contributed by atoms with Crippen LogP contribution in [0.3, 0.4) is 0 Å². The Bertz CT molecular complexity index is 609. The number of carbonyl (C=O) groups excluding carboxylic acids is 2. The monoisotopic (exact) mass is 252 g/mol. The van der Waals surface area contributed by atoms with Crippen molar-refractivity contribution in [1.29, 1.82) is 0 Å². The number of ketones is 2. The van der Waals surface area contributed by atoms with E-state index in [0.29, 0.717) is 11.1 Å². The van der Waals surface area contributed by atoms with Gasteiger partial charge in [-0.3, -0.25) is 9.59 Å². The number of hydrogen-bond acceptors (Lipinski definition) is 2. The average molecular weight is 252 g/mol. The molecular weight excluding hydrogens is 236 g/mol. The fraction of sp³-hybridized carbons (Fsp3) is 0.176. The van der Waals surface area contributed by atoms with E-state index < -0.39 is 0 Å². The molecule has 0 saturated carbocycles. The van der Waals surface area contributed by atoms with Gasteiger partial charge in [0.05, 0.1) is 6.42 Å². The molecule has 2 nitrogen and oxygen atoms in total. The topological polar surface area (TPSA) is 34.1 Å². The van der Waals surface area contributed by atoms with Gasteiger partial charge in [0.1, 0.15) is 0 Å². The molecule has 2 heteroatoms. The SMILES string of the molecule is Cc1ccc(C(=O)CC(=O)c2cccc(C)c2)cc1. The summed E-state index contributed by atoms with van der Waals surface area (Å²) < 4.78 is 0. The molecule has 0 spiro atoms. The molecule has 0 radical (unpaired) electrons. The van der Waals surface area contributed by atoms with Crippen molar-refractivity contribution >= 4 is 11.6 Å². The maximum atomic E-state index is 12.0. The van der Waals surface area contributed by atoms with Gasteiger partial charge in [0.25, 0.3) is 0 Å². The zero-order valence-electron chi connectivity index (χ0n) is 11.1. The lowest BCUT2D eigenvalue weighted by atomic mass is 10.00. The predicted molar refractivity (Wildman–Crippen MR) is 75.6 cm³/mol. The van der Waals surface area contributed by atoms with Gasteiger partial charge in [0.2, 0.25) is 0 Å². The van der Waals surface area contributed by atoms with Gasteiger partial charge < -0.3 is 0 Å². The molecule has 0 fully saturated rings. The summed E-state index contributed by atoms with van der Waals surface area (Å²) in [6.07, 6.45) is -0.0769. The van der Waals surface area contributed by atoms with Gasteiger partial charge in [-0.2, -0.15) is 0 Å². The summed E-state index contributed by atoms with van der Waals surface area (Å²) in [6.45, 7) is 3.89. The van der Waals surface area contributed by atoms with Gasteiger partial charge in [-0.05, 0) is 19.9 Å². The van der Waals surface area contributed by atoms with E-state index in [0.717, 1.165) is 11.1 Å². The lowest BCUT2D eigenvalue weighted by molar-refractivity contribution is 0.0894. The molecule has 0 saturated heterocycles. The van der Waals surface area contributed by atoms with Crippen LogP contribution in [0.5, 0.6) is 0 Å². The van der Waals surface area contributed by atoms with Crippen molar-refractivity contribution in [2.75, 3.05) is 0 Å². The molecule has 0 aliphatic rings. The van der Waals surface area contributed by atoms with Crippen LogP contribution in [0.15, 0.2) is 48.5 Å². The second-order valence-electron chi connectivity index (χ2n) is 4.76. The summed E-state index contributed by atoms with van der Waals surface area (Å²) in [4.78, 5) is 24.0. The standard InChI is InChI=1S/C17H16O2/c1-12-6-8-14(9-7-12)16(18)11-17(19)15-5-3-4-13(2)10-15/h3-10H,11H2,1-2H3. The zero-order chi connectivity index (χ0) is 13.8. The minimum atomic E-state index is -0.133. The summed E-state index contributed by atoms with van der Waals surface area (Å²) in [5.41, 5.74) is 3.31. The molecule has 96 valence electrons. The van der Waals surface area contributed by atoms with Crippen LogP contribution in [0, 0.1) is 13.8 Å². The van der Waals surface area contributed by atoms with E-state index in [1.54, 1.807) is 18.2 Å². The highest BCUT2D eigenvalue weighted by Gasteiger charge is 2.13. The largest absolute Gasteiger partial charge is 0.294 e. The Hall–Kier alpha value is -2.22. The second-order valence-corrected chi connectivity index (χ2v) is 4.76. The molecule has 0 aliphatic carbocycles. The summed E-state index contributed by atoms with van der Waals surface area (Å²) in [6, 6.07) is 14.6. The number of Topliss-reactive ketones (excluding diaryl/α,β-unsaturated/α-hetero) is 2. The third-order valence-electron chi connectivity index (χ3n) is 3.03. The fourth-order valence-corrected chi connectivity index (χ4v) is 1.91.